The Morgan fingerprint density at radius 3 is 2.89 bits per heavy atom. The summed E-state index contributed by atoms with van der Waals surface area (Å²) in [5, 5.41) is 0. The quantitative estimate of drug-likeness (QED) is 0.861. The first-order chi connectivity index (χ1) is 13.5. The number of carbonyl (C=O) groups is 1. The minimum atomic E-state index is -0.411. The van der Waals surface area contributed by atoms with Gasteiger partial charge in [0.2, 0.25) is 5.95 Å². The summed E-state index contributed by atoms with van der Waals surface area (Å²) in [5.74, 6) is 0.267. The maximum atomic E-state index is 14.7. The summed E-state index contributed by atoms with van der Waals surface area (Å²) in [5.41, 5.74) is 7.62. The lowest BCUT2D eigenvalue weighted by Gasteiger charge is -2.41. The van der Waals surface area contributed by atoms with Crippen molar-refractivity contribution in [3.8, 4) is 0 Å². The Hall–Kier alpha value is -2.74. The average molecular weight is 384 g/mol. The van der Waals surface area contributed by atoms with E-state index in [9.17, 15) is 9.18 Å². The highest BCUT2D eigenvalue weighted by Crippen LogP contribution is 2.35. The second kappa shape index (κ2) is 7.35. The molecule has 1 aromatic carbocycles. The molecule has 2 amide bonds. The third-order valence-electron chi connectivity index (χ3n) is 5.53. The number of aromatic nitrogens is 2. The minimum Gasteiger partial charge on any atom is -0.368 e. The van der Waals surface area contributed by atoms with E-state index in [-0.39, 0.29) is 24.6 Å². The van der Waals surface area contributed by atoms with E-state index in [1.807, 2.05) is 13.0 Å². The molecule has 0 aliphatic carbocycles. The molecule has 2 aromatic rings. The van der Waals surface area contributed by atoms with Crippen LogP contribution in [-0.2, 0) is 6.54 Å². The van der Waals surface area contributed by atoms with Gasteiger partial charge in [0.05, 0.1) is 18.3 Å². The number of halogens is 1. The van der Waals surface area contributed by atoms with E-state index in [2.05, 4.69) is 21.9 Å². The molecule has 28 heavy (non-hydrogen) atoms. The minimum absolute atomic E-state index is 0.0528. The molecule has 7 nitrogen and oxygen atoms in total. The van der Waals surface area contributed by atoms with E-state index in [0.717, 1.165) is 37.9 Å². The summed E-state index contributed by atoms with van der Waals surface area (Å²) >= 11 is 0. The van der Waals surface area contributed by atoms with Gasteiger partial charge in [-0.1, -0.05) is 18.6 Å². The van der Waals surface area contributed by atoms with Crippen molar-refractivity contribution in [2.75, 3.05) is 35.7 Å². The number of aryl methyl sites for hydroxylation is 1. The Balaban J connectivity index is 1.81. The van der Waals surface area contributed by atoms with Crippen molar-refractivity contribution in [2.24, 2.45) is 0 Å². The van der Waals surface area contributed by atoms with E-state index in [1.54, 1.807) is 17.2 Å². The van der Waals surface area contributed by atoms with Crippen molar-refractivity contribution < 1.29 is 9.18 Å². The Morgan fingerprint density at radius 1 is 1.29 bits per heavy atom. The summed E-state index contributed by atoms with van der Waals surface area (Å²) in [6, 6.07) is 4.53. The number of urea groups is 1. The third-order valence-corrected chi connectivity index (χ3v) is 5.53. The molecule has 1 saturated heterocycles. The highest BCUT2D eigenvalue weighted by atomic mass is 19.1. The molecular formula is C20H25FN6O. The van der Waals surface area contributed by atoms with Crippen LogP contribution >= 0.6 is 0 Å². The maximum Gasteiger partial charge on any atom is 0.330 e. The summed E-state index contributed by atoms with van der Waals surface area (Å²) in [7, 11) is 2.06. The first-order valence-corrected chi connectivity index (χ1v) is 9.61. The van der Waals surface area contributed by atoms with Crippen molar-refractivity contribution in [3.05, 3.63) is 41.3 Å². The molecule has 1 atom stereocenters. The van der Waals surface area contributed by atoms with E-state index in [4.69, 9.17) is 5.73 Å². The van der Waals surface area contributed by atoms with Crippen molar-refractivity contribution >= 4 is 23.5 Å². The number of amides is 2. The molecule has 0 radical (unpaired) electrons. The normalized spacial score (nSPS) is 20.8. The van der Waals surface area contributed by atoms with Crippen LogP contribution in [0.25, 0.3) is 0 Å². The maximum absolute atomic E-state index is 14.7. The number of hydrogen-bond acceptors (Lipinski definition) is 5. The molecule has 148 valence electrons. The fourth-order valence-corrected chi connectivity index (χ4v) is 4.17. The Kier molecular flexibility index (Phi) is 4.89. The zero-order chi connectivity index (χ0) is 19.8. The molecule has 0 saturated carbocycles. The topological polar surface area (TPSA) is 78.6 Å². The predicted molar refractivity (Wildman–Crippen MR) is 107 cm³/mol. The number of para-hydroxylation sites is 1. The number of likely N-dealkylation sites (N-methyl/N-ethyl adjacent to an activating group) is 1. The molecule has 3 heterocycles. The van der Waals surface area contributed by atoms with Crippen LogP contribution in [0.15, 0.2) is 24.4 Å². The van der Waals surface area contributed by atoms with Gasteiger partial charge in [-0.2, -0.15) is 4.98 Å². The van der Waals surface area contributed by atoms with Crippen LogP contribution in [-0.4, -0.2) is 47.1 Å². The predicted octanol–water partition coefficient (Wildman–Crippen LogP) is 2.94. The molecule has 0 unspecified atom stereocenters. The monoisotopic (exact) mass is 384 g/mol. The first-order valence-electron chi connectivity index (χ1n) is 9.61. The van der Waals surface area contributed by atoms with Crippen molar-refractivity contribution in [1.82, 2.24) is 14.9 Å². The summed E-state index contributed by atoms with van der Waals surface area (Å²) in [4.78, 5) is 27.5. The fraction of sp³-hybridized carbons (Fsp3) is 0.450. The van der Waals surface area contributed by atoms with Gasteiger partial charge in [0.25, 0.3) is 0 Å². The van der Waals surface area contributed by atoms with Gasteiger partial charge in [-0.15, -0.1) is 0 Å². The van der Waals surface area contributed by atoms with Crippen LogP contribution in [0.4, 0.5) is 26.6 Å². The number of hydrogen-bond donors (Lipinski definition) is 1. The van der Waals surface area contributed by atoms with E-state index in [1.165, 1.54) is 11.0 Å². The van der Waals surface area contributed by atoms with E-state index >= 15 is 0 Å². The fourth-order valence-electron chi connectivity index (χ4n) is 4.17. The molecule has 2 aliphatic heterocycles. The van der Waals surface area contributed by atoms with Gasteiger partial charge in [-0.05, 0) is 45.0 Å². The van der Waals surface area contributed by atoms with Gasteiger partial charge >= 0.3 is 6.03 Å². The highest BCUT2D eigenvalue weighted by molar-refractivity contribution is 6.06. The Bertz CT molecular complexity index is 884. The Morgan fingerprint density at radius 2 is 2.11 bits per heavy atom. The standard InChI is InChI=1S/C20H25FN6O/c1-13-6-5-8-16(21)17(13)26-11-14-10-23-19(22)24-18(14)27(20(26)28)15-7-3-4-9-25(2)12-15/h5-6,8,10,15H,3-4,7,9,11-12H2,1-2H3,(H2,22,23,24)/t15-/m0/s1. The second-order valence-corrected chi connectivity index (χ2v) is 7.63. The van der Waals surface area contributed by atoms with E-state index < -0.39 is 5.82 Å². The van der Waals surface area contributed by atoms with Crippen LogP contribution in [0.5, 0.6) is 0 Å². The molecule has 0 bridgehead atoms. The molecular weight excluding hydrogens is 359 g/mol. The second-order valence-electron chi connectivity index (χ2n) is 7.63. The van der Waals surface area contributed by atoms with Gasteiger partial charge in [0.1, 0.15) is 11.6 Å². The average Bonchev–Trinajstić information content (AvgIpc) is 2.86. The van der Waals surface area contributed by atoms with Crippen LogP contribution in [0.1, 0.15) is 30.4 Å². The van der Waals surface area contributed by atoms with Crippen LogP contribution in [0.3, 0.4) is 0 Å². The van der Waals surface area contributed by atoms with Gasteiger partial charge in [-0.3, -0.25) is 9.80 Å². The number of anilines is 3. The van der Waals surface area contributed by atoms with Gasteiger partial charge in [0.15, 0.2) is 0 Å². The summed E-state index contributed by atoms with van der Waals surface area (Å²) in [6.07, 6.45) is 4.61. The first kappa shape index (κ1) is 18.6. The number of carbonyl (C=O) groups excluding carboxylic acids is 1. The van der Waals surface area contributed by atoms with E-state index in [0.29, 0.717) is 17.1 Å². The van der Waals surface area contributed by atoms with Crippen LogP contribution in [0.2, 0.25) is 0 Å². The Labute approximate surface area is 164 Å². The lowest BCUT2D eigenvalue weighted by atomic mass is 10.1. The van der Waals surface area contributed by atoms with Crippen LogP contribution in [0, 0.1) is 12.7 Å². The van der Waals surface area contributed by atoms with Gasteiger partial charge in [-0.25, -0.2) is 14.2 Å². The lowest BCUT2D eigenvalue weighted by Crippen LogP contribution is -2.55. The molecule has 1 fully saturated rings. The summed E-state index contributed by atoms with van der Waals surface area (Å²) < 4.78 is 14.7. The zero-order valence-corrected chi connectivity index (χ0v) is 16.2. The number of nitrogen functional groups attached to an aromatic ring is 1. The number of nitrogens with zero attached hydrogens (tertiary/aromatic N) is 5. The third kappa shape index (κ3) is 3.28. The molecule has 4 rings (SSSR count). The SMILES string of the molecule is Cc1cccc(F)c1N1Cc2cnc(N)nc2N([C@H]2CCCCN(C)C2)C1=O. The molecule has 2 aliphatic rings. The van der Waals surface area contributed by atoms with Crippen molar-refractivity contribution in [1.29, 1.82) is 0 Å². The smallest absolute Gasteiger partial charge is 0.330 e. The van der Waals surface area contributed by atoms with Gasteiger partial charge < -0.3 is 10.6 Å². The molecule has 8 heteroatoms. The molecule has 0 spiro atoms. The summed E-state index contributed by atoms with van der Waals surface area (Å²) in [6.45, 7) is 3.76. The molecule has 2 N–H and O–H groups in total. The van der Waals surface area contributed by atoms with Crippen LogP contribution < -0.4 is 15.5 Å². The lowest BCUT2D eigenvalue weighted by molar-refractivity contribution is 0.243. The number of rotatable bonds is 2. The number of nitrogens with two attached hydrogens (primary N) is 1. The molecule has 1 aromatic heterocycles. The van der Waals surface area contributed by atoms with Crippen molar-refractivity contribution in [3.63, 3.8) is 0 Å². The number of benzene rings is 1. The van der Waals surface area contributed by atoms with Crippen molar-refractivity contribution in [2.45, 2.75) is 38.8 Å². The highest BCUT2D eigenvalue weighted by Gasteiger charge is 2.39. The largest absolute Gasteiger partial charge is 0.368 e. The number of likely N-dealkylation sites (tertiary alicyclic amines) is 1. The zero-order valence-electron chi connectivity index (χ0n) is 16.2. The van der Waals surface area contributed by atoms with Gasteiger partial charge in [0, 0.05) is 18.3 Å². The number of fused-ring (bicyclic) bond motifs is 1.